The van der Waals surface area contributed by atoms with Crippen LogP contribution in [0.15, 0.2) is 70.8 Å². The van der Waals surface area contributed by atoms with Crippen molar-refractivity contribution in [1.29, 1.82) is 0 Å². The van der Waals surface area contributed by atoms with Crippen molar-refractivity contribution in [1.82, 2.24) is 14.5 Å². The Hall–Kier alpha value is -2.55. The fourth-order valence-corrected chi connectivity index (χ4v) is 6.50. The van der Waals surface area contributed by atoms with Gasteiger partial charge in [0.25, 0.3) is 0 Å². The highest BCUT2D eigenvalue weighted by molar-refractivity contribution is 7.99. The predicted molar refractivity (Wildman–Crippen MR) is 127 cm³/mol. The number of rotatable bonds is 6. The molecule has 1 amide bonds. The molecule has 0 bridgehead atoms. The van der Waals surface area contributed by atoms with E-state index >= 15 is 0 Å². The number of thioether (sulfide) groups is 1. The van der Waals surface area contributed by atoms with Crippen LogP contribution in [0.3, 0.4) is 0 Å². The maximum Gasteiger partial charge on any atom is 0.233 e. The molecule has 3 aromatic heterocycles. The van der Waals surface area contributed by atoms with Gasteiger partial charge in [-0.3, -0.25) is 9.36 Å². The van der Waals surface area contributed by atoms with Crippen LogP contribution < -0.4 is 4.74 Å². The first kappa shape index (κ1) is 20.4. The minimum atomic E-state index is 0.0180. The Kier molecular flexibility index (Phi) is 5.85. The second-order valence-electron chi connectivity index (χ2n) is 7.12. The van der Waals surface area contributed by atoms with E-state index in [4.69, 9.17) is 4.74 Å². The second-order valence-corrected chi connectivity index (χ2v) is 10.0. The number of carbonyl (C=O) groups excluding carboxylic acids is 1. The van der Waals surface area contributed by atoms with E-state index in [1.165, 1.54) is 27.1 Å². The van der Waals surface area contributed by atoms with Crippen molar-refractivity contribution in [3.05, 3.63) is 80.9 Å². The Morgan fingerprint density at radius 1 is 1.19 bits per heavy atom. The monoisotopic (exact) mass is 467 g/mol. The molecule has 1 atom stereocenters. The molecule has 0 aliphatic carbocycles. The molecule has 1 aliphatic heterocycles. The maximum absolute atomic E-state index is 13.3. The van der Waals surface area contributed by atoms with Gasteiger partial charge >= 0.3 is 0 Å². The van der Waals surface area contributed by atoms with Gasteiger partial charge in [0.2, 0.25) is 5.91 Å². The van der Waals surface area contributed by atoms with E-state index in [-0.39, 0.29) is 11.9 Å². The molecule has 5 nitrogen and oxygen atoms in total. The number of amides is 1. The van der Waals surface area contributed by atoms with Gasteiger partial charge in [-0.15, -0.1) is 22.7 Å². The number of imidazole rings is 1. The zero-order valence-electron chi connectivity index (χ0n) is 16.9. The van der Waals surface area contributed by atoms with Gasteiger partial charge in [0.15, 0.2) is 5.16 Å². The first-order chi connectivity index (χ1) is 15.2. The zero-order valence-corrected chi connectivity index (χ0v) is 19.4. The highest BCUT2D eigenvalue weighted by Gasteiger charge is 2.33. The molecule has 0 unspecified atom stereocenters. The smallest absolute Gasteiger partial charge is 0.233 e. The quantitative estimate of drug-likeness (QED) is 0.363. The molecule has 1 aliphatic rings. The van der Waals surface area contributed by atoms with Crippen LogP contribution in [-0.4, -0.2) is 39.8 Å². The van der Waals surface area contributed by atoms with Crippen LogP contribution >= 0.6 is 34.4 Å². The van der Waals surface area contributed by atoms with Crippen LogP contribution in [0, 0.1) is 0 Å². The SMILES string of the molecule is COc1ccc(-n2ccnc2SCC(=O)N2CCc3sccc3[C@@H]2c2cccs2)cc1. The van der Waals surface area contributed by atoms with Crippen molar-refractivity contribution < 1.29 is 9.53 Å². The molecule has 5 rings (SSSR count). The van der Waals surface area contributed by atoms with E-state index in [0.29, 0.717) is 5.75 Å². The lowest BCUT2D eigenvalue weighted by molar-refractivity contribution is -0.130. The van der Waals surface area contributed by atoms with Crippen molar-refractivity contribution >= 4 is 40.3 Å². The van der Waals surface area contributed by atoms with Gasteiger partial charge in [0.1, 0.15) is 5.75 Å². The van der Waals surface area contributed by atoms with Gasteiger partial charge in [-0.1, -0.05) is 17.8 Å². The Labute approximate surface area is 193 Å². The minimum absolute atomic E-state index is 0.0180. The van der Waals surface area contributed by atoms with Crippen molar-refractivity contribution in [3.8, 4) is 11.4 Å². The van der Waals surface area contributed by atoms with Gasteiger partial charge in [-0.05, 0) is 59.1 Å². The van der Waals surface area contributed by atoms with Gasteiger partial charge in [0, 0.05) is 34.4 Å². The fraction of sp³-hybridized carbons (Fsp3) is 0.217. The highest BCUT2D eigenvalue weighted by Crippen LogP contribution is 2.40. The summed E-state index contributed by atoms with van der Waals surface area (Å²) in [7, 11) is 1.65. The first-order valence-corrected chi connectivity index (χ1v) is 12.7. The van der Waals surface area contributed by atoms with Gasteiger partial charge in [-0.2, -0.15) is 0 Å². The molecular weight excluding hydrogens is 446 g/mol. The Morgan fingerprint density at radius 3 is 2.84 bits per heavy atom. The summed E-state index contributed by atoms with van der Waals surface area (Å²) in [4.78, 5) is 22.4. The normalized spacial score (nSPS) is 15.6. The van der Waals surface area contributed by atoms with Gasteiger partial charge < -0.3 is 9.64 Å². The third-order valence-corrected chi connectivity index (χ3v) is 8.25. The summed E-state index contributed by atoms with van der Waals surface area (Å²) in [6, 6.07) is 14.2. The molecule has 0 radical (unpaired) electrons. The fourth-order valence-electron chi connectivity index (χ4n) is 3.88. The Morgan fingerprint density at radius 2 is 2.06 bits per heavy atom. The van der Waals surface area contributed by atoms with Crippen LogP contribution in [0.5, 0.6) is 5.75 Å². The first-order valence-electron chi connectivity index (χ1n) is 9.94. The average Bonchev–Trinajstić information content (AvgIpc) is 3.58. The molecule has 4 aromatic rings. The van der Waals surface area contributed by atoms with E-state index in [0.717, 1.165) is 29.6 Å². The predicted octanol–water partition coefficient (Wildman–Crippen LogP) is 5.27. The number of thiophene rings is 2. The van der Waals surface area contributed by atoms with Crippen molar-refractivity contribution in [3.63, 3.8) is 0 Å². The molecule has 158 valence electrons. The molecule has 31 heavy (non-hydrogen) atoms. The van der Waals surface area contributed by atoms with E-state index in [1.807, 2.05) is 39.9 Å². The Balaban J connectivity index is 1.34. The minimum Gasteiger partial charge on any atom is -0.497 e. The number of nitrogens with zero attached hydrogens (tertiary/aromatic N) is 3. The molecule has 0 spiro atoms. The highest BCUT2D eigenvalue weighted by atomic mass is 32.2. The molecular formula is C23H21N3O2S3. The summed E-state index contributed by atoms with van der Waals surface area (Å²) in [5, 5.41) is 5.03. The van der Waals surface area contributed by atoms with Crippen LogP contribution in [-0.2, 0) is 11.2 Å². The number of carbonyl (C=O) groups is 1. The zero-order chi connectivity index (χ0) is 21.2. The third-order valence-electron chi connectivity index (χ3n) is 5.38. The summed E-state index contributed by atoms with van der Waals surface area (Å²) in [5.74, 6) is 1.31. The molecule has 0 fully saturated rings. The van der Waals surface area contributed by atoms with Crippen LogP contribution in [0.25, 0.3) is 5.69 Å². The number of aromatic nitrogens is 2. The molecule has 4 heterocycles. The average molecular weight is 468 g/mol. The standard InChI is InChI=1S/C23H21N3O2S3/c1-28-17-6-4-16(5-7-17)25-12-10-24-23(25)31-15-21(27)26-11-8-19-18(9-14-30-19)22(26)20-3-2-13-29-20/h2-7,9-10,12-14,22H,8,11,15H2,1H3/t22-/m1/s1. The summed E-state index contributed by atoms with van der Waals surface area (Å²) in [5.41, 5.74) is 2.27. The maximum atomic E-state index is 13.3. The largest absolute Gasteiger partial charge is 0.497 e. The number of benzene rings is 1. The molecule has 0 saturated heterocycles. The van der Waals surface area contributed by atoms with E-state index < -0.39 is 0 Å². The number of fused-ring (bicyclic) bond motifs is 1. The van der Waals surface area contributed by atoms with Crippen molar-refractivity contribution in [2.75, 3.05) is 19.4 Å². The number of ether oxygens (including phenoxy) is 1. The van der Waals surface area contributed by atoms with Crippen LogP contribution in [0.2, 0.25) is 0 Å². The van der Waals surface area contributed by atoms with Crippen molar-refractivity contribution in [2.45, 2.75) is 17.6 Å². The molecule has 1 aromatic carbocycles. The summed E-state index contributed by atoms with van der Waals surface area (Å²) >= 11 is 4.98. The summed E-state index contributed by atoms with van der Waals surface area (Å²) in [6.45, 7) is 0.752. The van der Waals surface area contributed by atoms with E-state index in [1.54, 1.807) is 36.0 Å². The van der Waals surface area contributed by atoms with E-state index in [9.17, 15) is 4.79 Å². The molecule has 8 heteroatoms. The number of hydrogen-bond donors (Lipinski definition) is 0. The second kappa shape index (κ2) is 8.90. The van der Waals surface area contributed by atoms with Crippen LogP contribution in [0.1, 0.15) is 21.4 Å². The third kappa shape index (κ3) is 4.03. The lowest BCUT2D eigenvalue weighted by Gasteiger charge is -2.35. The van der Waals surface area contributed by atoms with Gasteiger partial charge in [-0.25, -0.2) is 4.98 Å². The van der Waals surface area contributed by atoms with Crippen molar-refractivity contribution in [2.24, 2.45) is 0 Å². The van der Waals surface area contributed by atoms with E-state index in [2.05, 4.69) is 33.9 Å². The molecule has 0 N–H and O–H groups in total. The lowest BCUT2D eigenvalue weighted by Crippen LogP contribution is -2.40. The topological polar surface area (TPSA) is 47.4 Å². The Bertz CT molecular complexity index is 1170. The number of methoxy groups -OCH3 is 1. The van der Waals surface area contributed by atoms with Crippen LogP contribution in [0.4, 0.5) is 0 Å². The van der Waals surface area contributed by atoms with Gasteiger partial charge in [0.05, 0.1) is 18.9 Å². The summed E-state index contributed by atoms with van der Waals surface area (Å²) in [6.07, 6.45) is 4.61. The number of hydrogen-bond acceptors (Lipinski definition) is 6. The molecule has 0 saturated carbocycles. The lowest BCUT2D eigenvalue weighted by atomic mass is 9.98. The summed E-state index contributed by atoms with van der Waals surface area (Å²) < 4.78 is 7.25.